The highest BCUT2D eigenvalue weighted by Gasteiger charge is 2.32. The first kappa shape index (κ1) is 25.0. The molecule has 1 saturated heterocycles. The number of rotatable bonds is 9. The predicted octanol–water partition coefficient (Wildman–Crippen LogP) is 5.53. The Balaban J connectivity index is 1.51. The molecule has 0 spiro atoms. The van der Waals surface area contributed by atoms with Crippen LogP contribution >= 0.6 is 35.6 Å². The number of hydrogen-bond donors (Lipinski definition) is 1. The number of anilines is 1. The van der Waals surface area contributed by atoms with Crippen LogP contribution in [0.15, 0.2) is 53.4 Å². The lowest BCUT2D eigenvalue weighted by Crippen LogP contribution is -2.31. The Bertz CT molecular complexity index is 1070. The van der Waals surface area contributed by atoms with Crippen LogP contribution in [0, 0.1) is 0 Å². The summed E-state index contributed by atoms with van der Waals surface area (Å²) in [7, 11) is 0. The highest BCUT2D eigenvalue weighted by molar-refractivity contribution is 8.26. The first-order valence-corrected chi connectivity index (χ1v) is 12.1. The fourth-order valence-electron chi connectivity index (χ4n) is 2.92. The lowest BCUT2D eigenvalue weighted by atomic mass is 10.2. The summed E-state index contributed by atoms with van der Waals surface area (Å²) in [4.78, 5) is 38.9. The quantitative estimate of drug-likeness (QED) is 0.210. The van der Waals surface area contributed by atoms with Crippen molar-refractivity contribution in [2.24, 2.45) is 0 Å². The zero-order chi connectivity index (χ0) is 23.8. The van der Waals surface area contributed by atoms with Gasteiger partial charge in [0.2, 0.25) is 5.91 Å². The van der Waals surface area contributed by atoms with Crippen LogP contribution in [0.2, 0.25) is 5.02 Å². The van der Waals surface area contributed by atoms with Gasteiger partial charge in [0.05, 0.1) is 17.1 Å². The molecule has 9 heteroatoms. The van der Waals surface area contributed by atoms with E-state index in [9.17, 15) is 14.4 Å². The first-order valence-electron chi connectivity index (χ1n) is 10.5. The average Bonchev–Trinajstić information content (AvgIpc) is 3.06. The van der Waals surface area contributed by atoms with Gasteiger partial charge in [-0.15, -0.1) is 0 Å². The molecule has 3 rings (SSSR count). The van der Waals surface area contributed by atoms with Crippen LogP contribution in [0.5, 0.6) is 0 Å². The fourth-order valence-corrected chi connectivity index (χ4v) is 4.36. The smallest absolute Gasteiger partial charge is 0.338 e. The molecule has 2 aromatic carbocycles. The van der Waals surface area contributed by atoms with Crippen molar-refractivity contribution in [3.8, 4) is 0 Å². The molecular weight excluding hydrogens is 480 g/mol. The standard InChI is InChI=1S/C24H23ClN2O4S2/c1-2-3-14-31-23(30)17-6-10-19(11-7-17)26-21(28)12-13-27-22(29)20(33-24(27)32)15-16-4-8-18(25)9-5-16/h4-11,15H,2-3,12-14H2,1H3,(H,26,28)/b20-15-. The summed E-state index contributed by atoms with van der Waals surface area (Å²) in [6.45, 7) is 2.59. The van der Waals surface area contributed by atoms with Crippen LogP contribution in [0.1, 0.15) is 42.1 Å². The van der Waals surface area contributed by atoms with E-state index in [0.29, 0.717) is 32.1 Å². The summed E-state index contributed by atoms with van der Waals surface area (Å²) in [5.41, 5.74) is 1.82. The van der Waals surface area contributed by atoms with Crippen molar-refractivity contribution in [3.63, 3.8) is 0 Å². The van der Waals surface area contributed by atoms with Crippen LogP contribution in [-0.4, -0.2) is 40.2 Å². The minimum Gasteiger partial charge on any atom is -0.462 e. The molecular formula is C24H23ClN2O4S2. The molecule has 0 aliphatic carbocycles. The highest BCUT2D eigenvalue weighted by atomic mass is 35.5. The summed E-state index contributed by atoms with van der Waals surface area (Å²) < 4.78 is 5.58. The lowest BCUT2D eigenvalue weighted by molar-refractivity contribution is -0.122. The Morgan fingerprint density at radius 1 is 1.15 bits per heavy atom. The van der Waals surface area contributed by atoms with Gasteiger partial charge in [0.15, 0.2) is 0 Å². The number of esters is 1. The molecule has 1 heterocycles. The van der Waals surface area contributed by atoms with E-state index < -0.39 is 0 Å². The molecule has 33 heavy (non-hydrogen) atoms. The van der Waals surface area contributed by atoms with E-state index >= 15 is 0 Å². The number of unbranched alkanes of at least 4 members (excludes halogenated alkanes) is 1. The van der Waals surface area contributed by atoms with Gasteiger partial charge in [-0.1, -0.05) is 61.1 Å². The molecule has 1 aliphatic rings. The van der Waals surface area contributed by atoms with Gasteiger partial charge in [-0.3, -0.25) is 14.5 Å². The molecule has 0 aromatic heterocycles. The molecule has 0 atom stereocenters. The molecule has 2 amide bonds. The SMILES string of the molecule is CCCCOC(=O)c1ccc(NC(=O)CCN2C(=O)/C(=C/c3ccc(Cl)cc3)SC2=S)cc1. The molecule has 6 nitrogen and oxygen atoms in total. The highest BCUT2D eigenvalue weighted by Crippen LogP contribution is 2.32. The Labute approximate surface area is 207 Å². The van der Waals surface area contributed by atoms with E-state index in [2.05, 4.69) is 5.32 Å². The van der Waals surface area contributed by atoms with Crippen molar-refractivity contribution in [2.75, 3.05) is 18.5 Å². The van der Waals surface area contributed by atoms with Gasteiger partial charge in [-0.2, -0.15) is 0 Å². The maximum absolute atomic E-state index is 12.7. The topological polar surface area (TPSA) is 75.7 Å². The second-order valence-corrected chi connectivity index (χ2v) is 9.36. The van der Waals surface area contributed by atoms with E-state index in [4.69, 9.17) is 28.6 Å². The van der Waals surface area contributed by atoms with Crippen molar-refractivity contribution >= 4 is 69.4 Å². The summed E-state index contributed by atoms with van der Waals surface area (Å²) >= 11 is 12.4. The number of thioether (sulfide) groups is 1. The van der Waals surface area contributed by atoms with Gasteiger partial charge in [-0.25, -0.2) is 4.79 Å². The van der Waals surface area contributed by atoms with Gasteiger partial charge < -0.3 is 10.1 Å². The third-order valence-electron chi connectivity index (χ3n) is 4.74. The van der Waals surface area contributed by atoms with Crippen molar-refractivity contribution in [1.82, 2.24) is 4.90 Å². The van der Waals surface area contributed by atoms with Crippen molar-refractivity contribution in [2.45, 2.75) is 26.2 Å². The number of halogens is 1. The predicted molar refractivity (Wildman–Crippen MR) is 136 cm³/mol. The number of nitrogens with zero attached hydrogens (tertiary/aromatic N) is 1. The normalized spacial score (nSPS) is 14.6. The van der Waals surface area contributed by atoms with Gasteiger partial charge in [-0.05, 0) is 54.5 Å². The minimum absolute atomic E-state index is 0.0848. The van der Waals surface area contributed by atoms with Crippen molar-refractivity contribution < 1.29 is 19.1 Å². The summed E-state index contributed by atoms with van der Waals surface area (Å²) in [6, 6.07) is 13.6. The Morgan fingerprint density at radius 3 is 2.52 bits per heavy atom. The molecule has 0 bridgehead atoms. The molecule has 172 valence electrons. The second-order valence-electron chi connectivity index (χ2n) is 7.25. The van der Waals surface area contributed by atoms with E-state index in [0.717, 1.165) is 18.4 Å². The number of benzene rings is 2. The number of nitrogens with one attached hydrogen (secondary N) is 1. The number of hydrogen-bond acceptors (Lipinski definition) is 6. The maximum atomic E-state index is 12.7. The van der Waals surface area contributed by atoms with Gasteiger partial charge in [0, 0.05) is 23.7 Å². The third kappa shape index (κ3) is 7.15. The van der Waals surface area contributed by atoms with Crippen LogP contribution in [0.4, 0.5) is 5.69 Å². The lowest BCUT2D eigenvalue weighted by Gasteiger charge is -2.14. The maximum Gasteiger partial charge on any atom is 0.338 e. The molecule has 0 radical (unpaired) electrons. The number of carbonyl (C=O) groups is 3. The molecule has 1 aliphatic heterocycles. The molecule has 1 N–H and O–H groups in total. The Kier molecular flexibility index (Phi) is 9.05. The largest absolute Gasteiger partial charge is 0.462 e. The van der Waals surface area contributed by atoms with Crippen molar-refractivity contribution in [3.05, 3.63) is 69.6 Å². The van der Waals surface area contributed by atoms with Crippen molar-refractivity contribution in [1.29, 1.82) is 0 Å². The zero-order valence-corrected chi connectivity index (χ0v) is 20.4. The fraction of sp³-hybridized carbons (Fsp3) is 0.250. The Hall–Kier alpha value is -2.68. The molecule has 0 unspecified atom stereocenters. The van der Waals surface area contributed by atoms with E-state index in [1.165, 1.54) is 16.7 Å². The molecule has 2 aromatic rings. The second kappa shape index (κ2) is 12.0. The van der Waals surface area contributed by atoms with Gasteiger partial charge >= 0.3 is 5.97 Å². The Morgan fingerprint density at radius 2 is 1.85 bits per heavy atom. The molecule has 1 fully saturated rings. The van der Waals surface area contributed by atoms with Gasteiger partial charge in [0.1, 0.15) is 4.32 Å². The average molecular weight is 503 g/mol. The van der Waals surface area contributed by atoms with E-state index in [-0.39, 0.29) is 30.7 Å². The van der Waals surface area contributed by atoms with E-state index in [1.807, 2.05) is 19.1 Å². The van der Waals surface area contributed by atoms with Crippen LogP contribution < -0.4 is 5.32 Å². The third-order valence-corrected chi connectivity index (χ3v) is 6.37. The van der Waals surface area contributed by atoms with Crippen LogP contribution in [0.3, 0.4) is 0 Å². The van der Waals surface area contributed by atoms with Crippen LogP contribution in [-0.2, 0) is 14.3 Å². The number of ether oxygens (including phenoxy) is 1. The summed E-state index contributed by atoms with van der Waals surface area (Å²) in [5, 5.41) is 3.38. The first-order chi connectivity index (χ1) is 15.9. The number of thiocarbonyl (C=S) groups is 1. The number of carbonyl (C=O) groups excluding carboxylic acids is 3. The van der Waals surface area contributed by atoms with Crippen LogP contribution in [0.25, 0.3) is 6.08 Å². The minimum atomic E-state index is -0.387. The summed E-state index contributed by atoms with van der Waals surface area (Å²) in [6.07, 6.45) is 3.61. The number of amides is 2. The molecule has 0 saturated carbocycles. The monoisotopic (exact) mass is 502 g/mol. The summed E-state index contributed by atoms with van der Waals surface area (Å²) in [5.74, 6) is -0.870. The zero-order valence-electron chi connectivity index (χ0n) is 18.0. The van der Waals surface area contributed by atoms with Gasteiger partial charge in [0.25, 0.3) is 5.91 Å². The van der Waals surface area contributed by atoms with E-state index in [1.54, 1.807) is 42.5 Å².